The van der Waals surface area contributed by atoms with Crippen molar-refractivity contribution >= 4 is 26.6 Å². The predicted octanol–water partition coefficient (Wildman–Crippen LogP) is 4.09. The molecule has 6 heteroatoms. The Morgan fingerprint density at radius 3 is 2.08 bits per heavy atom. The summed E-state index contributed by atoms with van der Waals surface area (Å²) >= 11 is 0. The summed E-state index contributed by atoms with van der Waals surface area (Å²) in [6.45, 7) is 20.0. The molecule has 1 aromatic carbocycles. The number of nitrogen functional groups attached to an aromatic ring is 1. The summed E-state index contributed by atoms with van der Waals surface area (Å²) in [5.41, 5.74) is 8.08. The van der Waals surface area contributed by atoms with Crippen LogP contribution in [0.3, 0.4) is 0 Å². The molecule has 2 N–H and O–H groups in total. The summed E-state index contributed by atoms with van der Waals surface area (Å²) < 4.78 is 18.9. The number of benzene rings is 1. The van der Waals surface area contributed by atoms with Gasteiger partial charge in [-0.2, -0.15) is 0 Å². The van der Waals surface area contributed by atoms with Crippen LogP contribution >= 0.6 is 0 Å². The highest BCUT2D eigenvalue weighted by Crippen LogP contribution is 2.38. The van der Waals surface area contributed by atoms with E-state index in [0.29, 0.717) is 6.61 Å². The lowest BCUT2D eigenvalue weighted by Gasteiger charge is -2.36. The van der Waals surface area contributed by atoms with Crippen molar-refractivity contribution in [3.63, 3.8) is 0 Å². The summed E-state index contributed by atoms with van der Waals surface area (Å²) in [6, 6.07) is 5.88. The summed E-state index contributed by atoms with van der Waals surface area (Å²) in [4.78, 5) is 0. The lowest BCUT2D eigenvalue weighted by molar-refractivity contribution is 0.00578. The van der Waals surface area contributed by atoms with Gasteiger partial charge >= 0.3 is 7.12 Å². The van der Waals surface area contributed by atoms with Gasteiger partial charge in [-0.15, -0.1) is 0 Å². The van der Waals surface area contributed by atoms with Crippen LogP contribution in [0.15, 0.2) is 18.2 Å². The molecular weight excluding hydrogens is 329 g/mol. The first-order chi connectivity index (χ1) is 11.2. The molecule has 0 amide bonds. The Kier molecular flexibility index (Phi) is 5.25. The van der Waals surface area contributed by atoms with E-state index in [1.54, 1.807) is 0 Å². The van der Waals surface area contributed by atoms with Crippen LogP contribution in [0.5, 0.6) is 0 Å². The summed E-state index contributed by atoms with van der Waals surface area (Å²) in [6.07, 6.45) is 0. The van der Waals surface area contributed by atoms with E-state index in [4.69, 9.17) is 19.5 Å². The van der Waals surface area contributed by atoms with Gasteiger partial charge in [0.25, 0.3) is 0 Å². The van der Waals surface area contributed by atoms with Crippen LogP contribution in [0.25, 0.3) is 0 Å². The number of anilines is 1. The molecule has 0 atom stereocenters. The maximum absolute atomic E-state index is 6.41. The van der Waals surface area contributed by atoms with E-state index in [1.165, 1.54) is 0 Å². The number of rotatable bonds is 4. The van der Waals surface area contributed by atoms with Crippen LogP contribution in [0, 0.1) is 0 Å². The topological polar surface area (TPSA) is 53.7 Å². The molecule has 1 aliphatic rings. The van der Waals surface area contributed by atoms with Gasteiger partial charge in [0, 0.05) is 5.69 Å². The largest absolute Gasteiger partial charge is 0.495 e. The minimum absolute atomic E-state index is 0.165. The van der Waals surface area contributed by atoms with Gasteiger partial charge in [0.05, 0.1) is 17.8 Å². The van der Waals surface area contributed by atoms with Crippen LogP contribution in [0.4, 0.5) is 5.69 Å². The summed E-state index contributed by atoms with van der Waals surface area (Å²) in [5.74, 6) is 0. The van der Waals surface area contributed by atoms with Crippen LogP contribution in [0.1, 0.15) is 54.0 Å². The van der Waals surface area contributed by atoms with Crippen LogP contribution in [0.2, 0.25) is 18.1 Å². The number of nitrogens with two attached hydrogens (primary N) is 1. The fourth-order valence-electron chi connectivity index (χ4n) is 2.43. The molecule has 0 unspecified atom stereocenters. The maximum atomic E-state index is 6.41. The van der Waals surface area contributed by atoms with Crippen molar-refractivity contribution in [2.45, 2.75) is 84.4 Å². The highest BCUT2D eigenvalue weighted by Gasteiger charge is 2.52. The van der Waals surface area contributed by atoms with Gasteiger partial charge in [0.15, 0.2) is 8.32 Å². The molecule has 140 valence electrons. The molecule has 2 rings (SSSR count). The molecule has 1 saturated heterocycles. The Bertz CT molecular complexity index is 622. The minimum atomic E-state index is -1.85. The molecule has 4 nitrogen and oxygen atoms in total. The molecule has 1 fully saturated rings. The Hall–Kier alpha value is -0.818. The van der Waals surface area contributed by atoms with Gasteiger partial charge in [-0.3, -0.25) is 0 Å². The second-order valence-electron chi connectivity index (χ2n) is 9.60. The highest BCUT2D eigenvalue weighted by molar-refractivity contribution is 6.74. The molecule has 1 aromatic rings. The first kappa shape index (κ1) is 20.5. The first-order valence-corrected chi connectivity index (χ1v) is 11.9. The molecule has 1 heterocycles. The molecule has 1 aliphatic heterocycles. The van der Waals surface area contributed by atoms with Crippen molar-refractivity contribution in [1.29, 1.82) is 0 Å². The highest BCUT2D eigenvalue weighted by atomic mass is 28.4. The van der Waals surface area contributed by atoms with E-state index in [9.17, 15) is 0 Å². The van der Waals surface area contributed by atoms with Crippen LogP contribution in [-0.4, -0.2) is 26.6 Å². The molecule has 0 aromatic heterocycles. The maximum Gasteiger partial charge on any atom is 0.495 e. The Balaban J connectivity index is 2.28. The van der Waals surface area contributed by atoms with Gasteiger partial charge in [0.2, 0.25) is 0 Å². The lowest BCUT2D eigenvalue weighted by Crippen LogP contribution is -2.42. The quantitative estimate of drug-likeness (QED) is 0.647. The molecule has 0 bridgehead atoms. The summed E-state index contributed by atoms with van der Waals surface area (Å²) in [5, 5.41) is 0.165. The SMILES string of the molecule is CC1(C)OB(c2ccc(N)cc2CO[Si](C)(C)C(C)(C)C)OC1(C)C. The molecular formula is C19H34BNO3Si. The summed E-state index contributed by atoms with van der Waals surface area (Å²) in [7, 11) is -2.25. The van der Waals surface area contributed by atoms with E-state index in [0.717, 1.165) is 16.7 Å². The average Bonchev–Trinajstić information content (AvgIpc) is 2.64. The number of hydrogen-bond donors (Lipinski definition) is 1. The van der Waals surface area contributed by atoms with Crippen molar-refractivity contribution < 1.29 is 13.7 Å². The third-order valence-electron chi connectivity index (χ3n) is 6.07. The standard InChI is InChI=1S/C19H34BNO3Si/c1-17(2,3)25(8,9)22-13-14-12-15(21)10-11-16(14)20-23-18(4,5)19(6,7)24-20/h10-12H,13,21H2,1-9H3. The van der Waals surface area contributed by atoms with Crippen LogP contribution in [-0.2, 0) is 20.3 Å². The van der Waals surface area contributed by atoms with Gasteiger partial charge in [-0.25, -0.2) is 0 Å². The fourth-order valence-corrected chi connectivity index (χ4v) is 3.37. The normalized spacial score (nSPS) is 20.1. The average molecular weight is 363 g/mol. The van der Waals surface area contributed by atoms with Crippen molar-refractivity contribution in [1.82, 2.24) is 0 Å². The van der Waals surface area contributed by atoms with E-state index < -0.39 is 15.4 Å². The molecule has 0 radical (unpaired) electrons. The second-order valence-corrected chi connectivity index (χ2v) is 14.4. The van der Waals surface area contributed by atoms with Gasteiger partial charge in [-0.1, -0.05) is 26.8 Å². The zero-order chi connectivity index (χ0) is 19.3. The van der Waals surface area contributed by atoms with Gasteiger partial charge in [-0.05, 0) is 69.0 Å². The fraction of sp³-hybridized carbons (Fsp3) is 0.684. The van der Waals surface area contributed by atoms with Crippen molar-refractivity contribution in [3.8, 4) is 0 Å². The Morgan fingerprint density at radius 2 is 1.60 bits per heavy atom. The Labute approximate surface area is 154 Å². The third kappa shape index (κ3) is 4.13. The molecule has 25 heavy (non-hydrogen) atoms. The van der Waals surface area contributed by atoms with Crippen molar-refractivity contribution in [2.75, 3.05) is 5.73 Å². The number of hydrogen-bond acceptors (Lipinski definition) is 4. The van der Waals surface area contributed by atoms with Crippen molar-refractivity contribution in [2.24, 2.45) is 0 Å². The van der Waals surface area contributed by atoms with E-state index in [1.807, 2.05) is 18.2 Å². The monoisotopic (exact) mass is 363 g/mol. The third-order valence-corrected chi connectivity index (χ3v) is 10.5. The zero-order valence-corrected chi connectivity index (χ0v) is 18.3. The second kappa shape index (κ2) is 6.41. The zero-order valence-electron chi connectivity index (χ0n) is 17.3. The van der Waals surface area contributed by atoms with E-state index >= 15 is 0 Å². The smallest absolute Gasteiger partial charge is 0.413 e. The minimum Gasteiger partial charge on any atom is -0.413 e. The lowest BCUT2D eigenvalue weighted by atomic mass is 9.76. The molecule has 0 aliphatic carbocycles. The van der Waals surface area contributed by atoms with E-state index in [-0.39, 0.29) is 16.2 Å². The molecule has 0 saturated carbocycles. The first-order valence-electron chi connectivity index (χ1n) is 9.04. The Morgan fingerprint density at radius 1 is 1.08 bits per heavy atom. The molecule has 0 spiro atoms. The predicted molar refractivity (Wildman–Crippen MR) is 109 cm³/mol. The van der Waals surface area contributed by atoms with Crippen molar-refractivity contribution in [3.05, 3.63) is 23.8 Å². The van der Waals surface area contributed by atoms with Gasteiger partial charge in [0.1, 0.15) is 0 Å². The van der Waals surface area contributed by atoms with E-state index in [2.05, 4.69) is 61.6 Å². The van der Waals surface area contributed by atoms with Gasteiger partial charge < -0.3 is 19.5 Å². The van der Waals surface area contributed by atoms with Crippen LogP contribution < -0.4 is 11.2 Å².